The second kappa shape index (κ2) is 5.51. The van der Waals surface area contributed by atoms with Crippen molar-refractivity contribution in [2.45, 2.75) is 6.92 Å². The van der Waals surface area contributed by atoms with Gasteiger partial charge in [0.15, 0.2) is 0 Å². The molecule has 0 aliphatic carbocycles. The van der Waals surface area contributed by atoms with Crippen LogP contribution in [0.2, 0.25) is 0 Å². The van der Waals surface area contributed by atoms with Gasteiger partial charge in [0, 0.05) is 4.47 Å². The molecule has 0 heterocycles. The van der Waals surface area contributed by atoms with E-state index in [1.807, 2.05) is 0 Å². The zero-order valence-corrected chi connectivity index (χ0v) is 11.5. The van der Waals surface area contributed by atoms with E-state index in [9.17, 15) is 4.79 Å². The summed E-state index contributed by atoms with van der Waals surface area (Å²) in [5.74, 6) is 0.233. The first kappa shape index (κ1) is 12.5. The highest BCUT2D eigenvalue weighted by Gasteiger charge is 2.14. The highest BCUT2D eigenvalue weighted by atomic mass is 79.9. The first-order valence-electron chi connectivity index (χ1n) is 4.30. The van der Waals surface area contributed by atoms with Crippen molar-refractivity contribution in [2.75, 3.05) is 13.7 Å². The molecule has 1 aromatic carbocycles. The van der Waals surface area contributed by atoms with Crippen LogP contribution in [0.25, 0.3) is 0 Å². The number of carbonyl (C=O) groups is 1. The van der Waals surface area contributed by atoms with Gasteiger partial charge < -0.3 is 9.47 Å². The van der Waals surface area contributed by atoms with E-state index in [0.717, 1.165) is 4.47 Å². The Morgan fingerprint density at radius 2 is 2.00 bits per heavy atom. The molecule has 1 rings (SSSR count). The van der Waals surface area contributed by atoms with E-state index < -0.39 is 0 Å². The molecule has 0 aromatic heterocycles. The van der Waals surface area contributed by atoms with Crippen molar-refractivity contribution in [2.24, 2.45) is 0 Å². The fraction of sp³-hybridized carbons (Fsp3) is 0.300. The van der Waals surface area contributed by atoms with E-state index in [-0.39, 0.29) is 5.97 Å². The van der Waals surface area contributed by atoms with Gasteiger partial charge in [-0.3, -0.25) is 0 Å². The molecule has 0 amide bonds. The van der Waals surface area contributed by atoms with Crippen LogP contribution in [0.1, 0.15) is 17.3 Å². The van der Waals surface area contributed by atoms with Crippen molar-refractivity contribution in [3.63, 3.8) is 0 Å². The summed E-state index contributed by atoms with van der Waals surface area (Å²) < 4.78 is 11.5. The van der Waals surface area contributed by atoms with E-state index in [2.05, 4.69) is 31.9 Å². The lowest BCUT2D eigenvalue weighted by Crippen LogP contribution is -2.06. The van der Waals surface area contributed by atoms with Crippen LogP contribution in [-0.2, 0) is 4.74 Å². The van der Waals surface area contributed by atoms with Gasteiger partial charge in [-0.25, -0.2) is 4.79 Å². The maximum absolute atomic E-state index is 11.5. The maximum Gasteiger partial charge on any atom is 0.339 e. The number of halogens is 2. The van der Waals surface area contributed by atoms with Gasteiger partial charge in [0.05, 0.1) is 23.8 Å². The Bertz CT molecular complexity index is 377. The van der Waals surface area contributed by atoms with E-state index in [0.29, 0.717) is 22.4 Å². The third kappa shape index (κ3) is 2.95. The molecule has 5 heteroatoms. The second-order valence-corrected chi connectivity index (χ2v) is 4.40. The zero-order valence-electron chi connectivity index (χ0n) is 8.34. The SMILES string of the molecule is CCOC(=O)c1cc(OC)c(Br)cc1Br. The number of ether oxygens (including phenoxy) is 2. The number of hydrogen-bond acceptors (Lipinski definition) is 3. The van der Waals surface area contributed by atoms with Crippen LogP contribution in [0.5, 0.6) is 5.75 Å². The van der Waals surface area contributed by atoms with Gasteiger partial charge in [0.2, 0.25) is 0 Å². The summed E-state index contributed by atoms with van der Waals surface area (Å²) in [6.07, 6.45) is 0. The van der Waals surface area contributed by atoms with Crippen molar-refractivity contribution >= 4 is 37.8 Å². The molecule has 15 heavy (non-hydrogen) atoms. The van der Waals surface area contributed by atoms with Gasteiger partial charge >= 0.3 is 5.97 Å². The van der Waals surface area contributed by atoms with Gasteiger partial charge in [0.25, 0.3) is 0 Å². The van der Waals surface area contributed by atoms with Crippen LogP contribution >= 0.6 is 31.9 Å². The molecule has 0 aliphatic heterocycles. The van der Waals surface area contributed by atoms with Gasteiger partial charge in [-0.05, 0) is 50.9 Å². The van der Waals surface area contributed by atoms with Gasteiger partial charge in [-0.2, -0.15) is 0 Å². The summed E-state index contributed by atoms with van der Waals surface area (Å²) in [5, 5.41) is 0. The highest BCUT2D eigenvalue weighted by molar-refractivity contribution is 9.11. The lowest BCUT2D eigenvalue weighted by atomic mass is 10.2. The third-order valence-electron chi connectivity index (χ3n) is 1.74. The fourth-order valence-electron chi connectivity index (χ4n) is 1.05. The topological polar surface area (TPSA) is 35.5 Å². The minimum atomic E-state index is -0.366. The maximum atomic E-state index is 11.5. The normalized spacial score (nSPS) is 9.87. The quantitative estimate of drug-likeness (QED) is 0.793. The number of benzene rings is 1. The second-order valence-electron chi connectivity index (χ2n) is 2.69. The van der Waals surface area contributed by atoms with Crippen molar-refractivity contribution in [3.8, 4) is 5.75 Å². The third-order valence-corrected chi connectivity index (χ3v) is 3.01. The van der Waals surface area contributed by atoms with E-state index in [1.54, 1.807) is 26.2 Å². The molecule has 0 N–H and O–H groups in total. The predicted octanol–water partition coefficient (Wildman–Crippen LogP) is 3.40. The predicted molar refractivity (Wildman–Crippen MR) is 64.4 cm³/mol. The summed E-state index contributed by atoms with van der Waals surface area (Å²) >= 11 is 6.62. The standard InChI is InChI=1S/C10H10Br2O3/c1-3-15-10(13)6-4-9(14-2)8(12)5-7(6)11/h4-5H,3H2,1-2H3. The van der Waals surface area contributed by atoms with Gasteiger partial charge in [-0.1, -0.05) is 0 Å². The lowest BCUT2D eigenvalue weighted by molar-refractivity contribution is 0.0525. The molecule has 0 fully saturated rings. The molecule has 0 spiro atoms. The molecule has 0 radical (unpaired) electrons. The first-order chi connectivity index (χ1) is 7.10. The van der Waals surface area contributed by atoms with Crippen LogP contribution in [-0.4, -0.2) is 19.7 Å². The van der Waals surface area contributed by atoms with Gasteiger partial charge in [0.1, 0.15) is 5.75 Å². The summed E-state index contributed by atoms with van der Waals surface area (Å²) in [4.78, 5) is 11.5. The van der Waals surface area contributed by atoms with E-state index in [1.165, 1.54) is 0 Å². The fourth-order valence-corrected chi connectivity index (χ4v) is 2.37. The van der Waals surface area contributed by atoms with Crippen molar-refractivity contribution in [1.29, 1.82) is 0 Å². The smallest absolute Gasteiger partial charge is 0.339 e. The Labute approximate surface area is 105 Å². The van der Waals surface area contributed by atoms with Crippen molar-refractivity contribution in [3.05, 3.63) is 26.6 Å². The number of carbonyl (C=O) groups excluding carboxylic acids is 1. The molecule has 0 aliphatic rings. The van der Waals surface area contributed by atoms with Crippen LogP contribution in [0, 0.1) is 0 Å². The minimum absolute atomic E-state index is 0.351. The molecule has 1 aromatic rings. The Hall–Kier alpha value is -0.550. The Morgan fingerprint density at radius 3 is 2.53 bits per heavy atom. The molecular weight excluding hydrogens is 328 g/mol. The largest absolute Gasteiger partial charge is 0.496 e. The van der Waals surface area contributed by atoms with Crippen molar-refractivity contribution in [1.82, 2.24) is 0 Å². The molecule has 0 atom stereocenters. The summed E-state index contributed by atoms with van der Waals surface area (Å²) in [6, 6.07) is 3.39. The zero-order chi connectivity index (χ0) is 11.4. The van der Waals surface area contributed by atoms with Crippen LogP contribution in [0.3, 0.4) is 0 Å². The first-order valence-corrected chi connectivity index (χ1v) is 5.89. The Morgan fingerprint density at radius 1 is 1.33 bits per heavy atom. The molecular formula is C10H10Br2O3. The van der Waals surface area contributed by atoms with E-state index in [4.69, 9.17) is 9.47 Å². The molecule has 0 saturated heterocycles. The molecule has 0 unspecified atom stereocenters. The van der Waals surface area contributed by atoms with Crippen LogP contribution in [0.4, 0.5) is 0 Å². The molecule has 0 saturated carbocycles. The van der Waals surface area contributed by atoms with Crippen molar-refractivity contribution < 1.29 is 14.3 Å². The molecule has 0 bridgehead atoms. The van der Waals surface area contributed by atoms with Crippen LogP contribution < -0.4 is 4.74 Å². The number of methoxy groups -OCH3 is 1. The average Bonchev–Trinajstić information content (AvgIpc) is 2.18. The minimum Gasteiger partial charge on any atom is -0.496 e. The molecule has 3 nitrogen and oxygen atoms in total. The van der Waals surface area contributed by atoms with E-state index >= 15 is 0 Å². The summed E-state index contributed by atoms with van der Waals surface area (Å²) in [6.45, 7) is 2.12. The number of hydrogen-bond donors (Lipinski definition) is 0. The highest BCUT2D eigenvalue weighted by Crippen LogP contribution is 2.31. The summed E-state index contributed by atoms with van der Waals surface area (Å²) in [5.41, 5.74) is 0.455. The average molecular weight is 338 g/mol. The summed E-state index contributed by atoms with van der Waals surface area (Å²) in [7, 11) is 1.54. The Kier molecular flexibility index (Phi) is 4.60. The monoisotopic (exact) mass is 336 g/mol. The Balaban J connectivity index is 3.12. The van der Waals surface area contributed by atoms with Gasteiger partial charge in [-0.15, -0.1) is 0 Å². The molecule has 82 valence electrons. The number of rotatable bonds is 3. The van der Waals surface area contributed by atoms with Crippen LogP contribution in [0.15, 0.2) is 21.1 Å². The number of esters is 1. The lowest BCUT2D eigenvalue weighted by Gasteiger charge is -2.08.